The molecule has 7 heteroatoms. The summed E-state index contributed by atoms with van der Waals surface area (Å²) in [5.74, 6) is 0. The summed E-state index contributed by atoms with van der Waals surface area (Å²) in [4.78, 5) is 0.224. The third kappa shape index (κ3) is 3.11. The predicted molar refractivity (Wildman–Crippen MR) is 80.9 cm³/mol. The Morgan fingerprint density at radius 3 is 2.35 bits per heavy atom. The Balaban J connectivity index is 2.27. The van der Waals surface area contributed by atoms with Gasteiger partial charge in [-0.3, -0.25) is 5.10 Å². The molecule has 0 unspecified atom stereocenters. The van der Waals surface area contributed by atoms with Gasteiger partial charge in [0.25, 0.3) is 0 Å². The molecule has 0 saturated carbocycles. The van der Waals surface area contributed by atoms with Crippen LogP contribution in [0.1, 0.15) is 29.9 Å². The molecule has 0 spiro atoms. The molecule has 0 saturated heterocycles. The lowest BCUT2D eigenvalue weighted by molar-refractivity contribution is 0.566. The molecule has 0 aliphatic rings. The Kier molecular flexibility index (Phi) is 4.31. The standard InChI is InChI=1S/C13H16BrN3O2S/c1-8(11-4-6-12(14)7-5-11)17-20(18,19)13-9(2)15-16-10(13)3/h4-8,17H,1-3H3,(H,15,16)/t8-/m0/s1. The quantitative estimate of drug-likeness (QED) is 0.883. The first-order valence-electron chi connectivity index (χ1n) is 6.10. The van der Waals surface area contributed by atoms with Crippen molar-refractivity contribution in [1.29, 1.82) is 0 Å². The van der Waals surface area contributed by atoms with Gasteiger partial charge in [-0.25, -0.2) is 13.1 Å². The van der Waals surface area contributed by atoms with Crippen LogP contribution in [0.5, 0.6) is 0 Å². The number of aryl methyl sites for hydroxylation is 2. The van der Waals surface area contributed by atoms with E-state index in [1.54, 1.807) is 13.8 Å². The number of aromatic amines is 1. The number of sulfonamides is 1. The molecule has 1 atom stereocenters. The molecule has 1 aromatic heterocycles. The van der Waals surface area contributed by atoms with Crippen molar-refractivity contribution in [3.8, 4) is 0 Å². The van der Waals surface area contributed by atoms with E-state index < -0.39 is 10.0 Å². The molecule has 5 nitrogen and oxygen atoms in total. The van der Waals surface area contributed by atoms with Gasteiger partial charge in [0.05, 0.1) is 11.4 Å². The van der Waals surface area contributed by atoms with Gasteiger partial charge in [0.1, 0.15) is 4.90 Å². The summed E-state index contributed by atoms with van der Waals surface area (Å²) in [6.07, 6.45) is 0. The fourth-order valence-corrected chi connectivity index (χ4v) is 3.91. The monoisotopic (exact) mass is 357 g/mol. The van der Waals surface area contributed by atoms with Crippen molar-refractivity contribution >= 4 is 26.0 Å². The highest BCUT2D eigenvalue weighted by Crippen LogP contribution is 2.21. The van der Waals surface area contributed by atoms with Gasteiger partial charge >= 0.3 is 0 Å². The zero-order chi connectivity index (χ0) is 14.9. The highest BCUT2D eigenvalue weighted by molar-refractivity contribution is 9.10. The van der Waals surface area contributed by atoms with E-state index in [0.717, 1.165) is 10.0 Å². The molecule has 1 aromatic carbocycles. The van der Waals surface area contributed by atoms with Crippen molar-refractivity contribution in [2.75, 3.05) is 0 Å². The van der Waals surface area contributed by atoms with Gasteiger partial charge < -0.3 is 0 Å². The maximum atomic E-state index is 12.4. The van der Waals surface area contributed by atoms with Gasteiger partial charge in [-0.1, -0.05) is 28.1 Å². The van der Waals surface area contributed by atoms with E-state index in [1.165, 1.54) is 0 Å². The van der Waals surface area contributed by atoms with Crippen molar-refractivity contribution in [3.63, 3.8) is 0 Å². The minimum atomic E-state index is -3.59. The Morgan fingerprint density at radius 1 is 1.25 bits per heavy atom. The van der Waals surface area contributed by atoms with Crippen molar-refractivity contribution < 1.29 is 8.42 Å². The number of benzene rings is 1. The van der Waals surface area contributed by atoms with Gasteiger partial charge in [-0.15, -0.1) is 0 Å². The molecule has 2 rings (SSSR count). The maximum Gasteiger partial charge on any atom is 0.244 e. The van der Waals surface area contributed by atoms with Crippen LogP contribution in [0.3, 0.4) is 0 Å². The third-order valence-corrected chi connectivity index (χ3v) is 5.36. The Bertz CT molecular complexity index is 688. The lowest BCUT2D eigenvalue weighted by atomic mass is 10.1. The van der Waals surface area contributed by atoms with Crippen LogP contribution >= 0.6 is 15.9 Å². The van der Waals surface area contributed by atoms with E-state index in [9.17, 15) is 8.42 Å². The van der Waals surface area contributed by atoms with Crippen LogP contribution in [0.15, 0.2) is 33.6 Å². The summed E-state index contributed by atoms with van der Waals surface area (Å²) in [6, 6.07) is 7.21. The topological polar surface area (TPSA) is 74.8 Å². The fraction of sp³-hybridized carbons (Fsp3) is 0.308. The SMILES string of the molecule is Cc1n[nH]c(C)c1S(=O)(=O)N[C@@H](C)c1ccc(Br)cc1. The minimum absolute atomic E-state index is 0.224. The van der Waals surface area contributed by atoms with Gasteiger partial charge in [0.2, 0.25) is 10.0 Å². The number of nitrogens with one attached hydrogen (secondary N) is 2. The first-order chi connectivity index (χ1) is 9.31. The van der Waals surface area contributed by atoms with Gasteiger partial charge in [-0.2, -0.15) is 5.10 Å². The second-order valence-corrected chi connectivity index (χ2v) is 7.22. The normalized spacial score (nSPS) is 13.4. The van der Waals surface area contributed by atoms with E-state index in [-0.39, 0.29) is 10.9 Å². The molecule has 2 aromatic rings. The first-order valence-corrected chi connectivity index (χ1v) is 8.38. The maximum absolute atomic E-state index is 12.4. The van der Waals surface area contributed by atoms with Crippen LogP contribution in [0.25, 0.3) is 0 Å². The highest BCUT2D eigenvalue weighted by atomic mass is 79.9. The predicted octanol–water partition coefficient (Wildman–Crippen LogP) is 2.83. The van der Waals surface area contributed by atoms with Crippen LogP contribution in [-0.4, -0.2) is 18.6 Å². The largest absolute Gasteiger partial charge is 0.281 e. The van der Waals surface area contributed by atoms with E-state index in [4.69, 9.17) is 0 Å². The molecule has 108 valence electrons. The average molecular weight is 358 g/mol. The summed E-state index contributed by atoms with van der Waals surface area (Å²) in [6.45, 7) is 5.17. The van der Waals surface area contributed by atoms with Crippen LogP contribution in [0, 0.1) is 13.8 Å². The number of hydrogen-bond donors (Lipinski definition) is 2. The van der Waals surface area contributed by atoms with Crippen molar-refractivity contribution in [2.45, 2.75) is 31.7 Å². The molecule has 20 heavy (non-hydrogen) atoms. The van der Waals surface area contributed by atoms with Crippen molar-refractivity contribution in [3.05, 3.63) is 45.7 Å². The van der Waals surface area contributed by atoms with Crippen molar-refractivity contribution in [1.82, 2.24) is 14.9 Å². The molecule has 0 fully saturated rings. The summed E-state index contributed by atoms with van der Waals surface area (Å²) in [7, 11) is -3.59. The molecule has 2 N–H and O–H groups in total. The van der Waals surface area contributed by atoms with E-state index >= 15 is 0 Å². The highest BCUT2D eigenvalue weighted by Gasteiger charge is 2.24. The Labute approximate surface area is 127 Å². The van der Waals surface area contributed by atoms with E-state index in [0.29, 0.717) is 11.4 Å². The first kappa shape index (κ1) is 15.2. The number of halogens is 1. The number of hydrogen-bond acceptors (Lipinski definition) is 3. The van der Waals surface area contributed by atoms with Gasteiger partial charge in [0, 0.05) is 10.5 Å². The average Bonchev–Trinajstić information content (AvgIpc) is 2.69. The van der Waals surface area contributed by atoms with E-state index in [1.807, 2.05) is 31.2 Å². The molecular formula is C13H16BrN3O2S. The fourth-order valence-electron chi connectivity index (χ4n) is 2.05. The van der Waals surface area contributed by atoms with Crippen LogP contribution in [0.2, 0.25) is 0 Å². The van der Waals surface area contributed by atoms with Crippen LogP contribution < -0.4 is 4.72 Å². The number of rotatable bonds is 4. The smallest absolute Gasteiger partial charge is 0.244 e. The second kappa shape index (κ2) is 5.67. The van der Waals surface area contributed by atoms with Crippen LogP contribution in [0.4, 0.5) is 0 Å². The summed E-state index contributed by atoms with van der Waals surface area (Å²) >= 11 is 3.36. The molecule has 0 radical (unpaired) electrons. The second-order valence-electron chi connectivity index (χ2n) is 4.66. The Morgan fingerprint density at radius 2 is 1.85 bits per heavy atom. The van der Waals surface area contributed by atoms with Crippen molar-refractivity contribution in [2.24, 2.45) is 0 Å². The third-order valence-electron chi connectivity index (χ3n) is 3.03. The summed E-state index contributed by atoms with van der Waals surface area (Å²) in [5.41, 5.74) is 1.91. The Hall–Kier alpha value is -1.18. The lowest BCUT2D eigenvalue weighted by Gasteiger charge is -2.15. The molecule has 0 amide bonds. The molecule has 0 aliphatic heterocycles. The van der Waals surface area contributed by atoms with Crippen LogP contribution in [-0.2, 0) is 10.0 Å². The molecule has 0 bridgehead atoms. The summed E-state index contributed by atoms with van der Waals surface area (Å²) in [5, 5.41) is 6.61. The molecular weight excluding hydrogens is 342 g/mol. The number of aromatic nitrogens is 2. The zero-order valence-electron chi connectivity index (χ0n) is 11.4. The number of H-pyrrole nitrogens is 1. The van der Waals surface area contributed by atoms with E-state index in [2.05, 4.69) is 30.8 Å². The van der Waals surface area contributed by atoms with Gasteiger partial charge in [0.15, 0.2) is 0 Å². The molecule has 0 aliphatic carbocycles. The zero-order valence-corrected chi connectivity index (χ0v) is 13.8. The minimum Gasteiger partial charge on any atom is -0.281 e. The summed E-state index contributed by atoms with van der Waals surface area (Å²) < 4.78 is 28.4. The number of nitrogens with zero attached hydrogens (tertiary/aromatic N) is 1. The molecule has 1 heterocycles. The van der Waals surface area contributed by atoms with Gasteiger partial charge in [-0.05, 0) is 38.5 Å². The lowest BCUT2D eigenvalue weighted by Crippen LogP contribution is -2.27.